The predicted molar refractivity (Wildman–Crippen MR) is 131 cm³/mol. The topological polar surface area (TPSA) is 129 Å². The zero-order valence-corrected chi connectivity index (χ0v) is 20.2. The molecule has 2 aromatic rings. The fourth-order valence-electron chi connectivity index (χ4n) is 2.99. The second-order valence-electron chi connectivity index (χ2n) is 7.40. The van der Waals surface area contributed by atoms with Crippen LogP contribution >= 0.6 is 11.6 Å². The Morgan fingerprint density at radius 2 is 1.55 bits per heavy atom. The Morgan fingerprint density at radius 1 is 0.909 bits per heavy atom. The van der Waals surface area contributed by atoms with Gasteiger partial charge >= 0.3 is 0 Å². The van der Waals surface area contributed by atoms with Gasteiger partial charge in [-0.2, -0.15) is 5.26 Å². The number of hydrogen-bond acceptors (Lipinski definition) is 7. The van der Waals surface area contributed by atoms with Crippen molar-refractivity contribution < 1.29 is 13.2 Å². The number of nitrogens with zero attached hydrogens (tertiary/aromatic N) is 1. The molecular formula is C23H32ClN5O3S. The first-order valence-electron chi connectivity index (χ1n) is 11.1. The van der Waals surface area contributed by atoms with Gasteiger partial charge in [-0.05, 0) is 94.8 Å². The van der Waals surface area contributed by atoms with Gasteiger partial charge in [-0.1, -0.05) is 17.7 Å². The van der Waals surface area contributed by atoms with Crippen molar-refractivity contribution in [2.45, 2.75) is 30.6 Å². The third-order valence-electron chi connectivity index (χ3n) is 4.79. The normalized spacial score (nSPS) is 11.3. The number of nitrogens with one attached hydrogen (secondary N) is 3. The van der Waals surface area contributed by atoms with E-state index in [1.54, 1.807) is 30.3 Å². The van der Waals surface area contributed by atoms with E-state index >= 15 is 0 Å². The fraction of sp³-hybridized carbons (Fsp3) is 0.435. The van der Waals surface area contributed by atoms with Gasteiger partial charge in [0.2, 0.25) is 10.0 Å². The number of ether oxygens (including phenoxy) is 1. The molecule has 0 saturated carbocycles. The Hall–Kier alpha value is -2.19. The zero-order chi connectivity index (χ0) is 23.9. The maximum absolute atomic E-state index is 12.5. The van der Waals surface area contributed by atoms with Crippen LogP contribution in [-0.4, -0.2) is 47.7 Å². The number of nitriles is 1. The Bertz CT molecular complexity index is 994. The van der Waals surface area contributed by atoms with E-state index in [0.29, 0.717) is 36.0 Å². The van der Waals surface area contributed by atoms with Crippen molar-refractivity contribution in [1.29, 1.82) is 5.26 Å². The summed E-state index contributed by atoms with van der Waals surface area (Å²) in [7, 11) is -3.61. The van der Waals surface area contributed by atoms with Crippen molar-refractivity contribution in [3.05, 3.63) is 53.1 Å². The standard InChI is InChI=1S/C23H32ClN5O3S/c24-22-6-3-7-23(21(22)18-26)32-19-8-10-20(11-9-19)33(30,31)29-17-5-16-28-14-2-1-13-27-15-4-12-25/h3,6-11,27-29H,1-2,4-5,12-17,25H2. The van der Waals surface area contributed by atoms with E-state index in [4.69, 9.17) is 22.1 Å². The number of halogens is 1. The molecule has 0 saturated heterocycles. The lowest BCUT2D eigenvalue weighted by atomic mass is 10.2. The quantitative estimate of drug-likeness (QED) is 0.264. The second kappa shape index (κ2) is 14.9. The molecule has 0 aliphatic heterocycles. The summed E-state index contributed by atoms with van der Waals surface area (Å²) in [4.78, 5) is 0.150. The Labute approximate surface area is 201 Å². The van der Waals surface area contributed by atoms with Gasteiger partial charge in [0.05, 0.1) is 9.92 Å². The molecule has 0 aliphatic rings. The van der Waals surface area contributed by atoms with Crippen LogP contribution in [0.5, 0.6) is 11.5 Å². The first-order valence-corrected chi connectivity index (χ1v) is 12.9. The van der Waals surface area contributed by atoms with Crippen LogP contribution in [-0.2, 0) is 10.0 Å². The average molecular weight is 494 g/mol. The summed E-state index contributed by atoms with van der Waals surface area (Å²) < 4.78 is 33.3. The lowest BCUT2D eigenvalue weighted by molar-refractivity contribution is 0.480. The number of hydrogen-bond donors (Lipinski definition) is 4. The molecule has 0 atom stereocenters. The van der Waals surface area contributed by atoms with Gasteiger partial charge < -0.3 is 21.1 Å². The lowest BCUT2D eigenvalue weighted by Gasteiger charge is -2.10. The van der Waals surface area contributed by atoms with E-state index in [-0.39, 0.29) is 10.5 Å². The molecule has 33 heavy (non-hydrogen) atoms. The molecule has 2 aromatic carbocycles. The van der Waals surface area contributed by atoms with E-state index in [9.17, 15) is 13.7 Å². The van der Waals surface area contributed by atoms with Gasteiger partial charge in [-0.3, -0.25) is 0 Å². The van der Waals surface area contributed by atoms with Crippen molar-refractivity contribution in [2.75, 3.05) is 39.3 Å². The third kappa shape index (κ3) is 9.68. The molecule has 5 N–H and O–H groups in total. The molecule has 0 aliphatic carbocycles. The zero-order valence-electron chi connectivity index (χ0n) is 18.6. The predicted octanol–water partition coefficient (Wildman–Crippen LogP) is 2.98. The number of unbranched alkanes of at least 4 members (excludes halogenated alkanes) is 1. The van der Waals surface area contributed by atoms with Crippen molar-refractivity contribution >= 4 is 21.6 Å². The fourth-order valence-corrected chi connectivity index (χ4v) is 4.27. The molecule has 10 heteroatoms. The van der Waals surface area contributed by atoms with Gasteiger partial charge in [-0.15, -0.1) is 0 Å². The summed E-state index contributed by atoms with van der Waals surface area (Å²) in [6.45, 7) is 4.67. The average Bonchev–Trinajstić information content (AvgIpc) is 2.80. The summed E-state index contributed by atoms with van der Waals surface area (Å²) in [5, 5.41) is 16.2. The number of nitrogens with two attached hydrogens (primary N) is 1. The van der Waals surface area contributed by atoms with Crippen LogP contribution in [0.4, 0.5) is 0 Å². The molecule has 0 spiro atoms. The van der Waals surface area contributed by atoms with E-state index < -0.39 is 10.0 Å². The first-order chi connectivity index (χ1) is 16.0. The summed E-state index contributed by atoms with van der Waals surface area (Å²) in [5.41, 5.74) is 5.67. The minimum Gasteiger partial charge on any atom is -0.456 e. The summed E-state index contributed by atoms with van der Waals surface area (Å²) >= 11 is 6.00. The van der Waals surface area contributed by atoms with Crippen LogP contribution in [0, 0.1) is 11.3 Å². The summed E-state index contributed by atoms with van der Waals surface area (Å²) in [6, 6.07) is 12.9. The van der Waals surface area contributed by atoms with Crippen molar-refractivity contribution in [3.63, 3.8) is 0 Å². The minimum absolute atomic E-state index is 0.150. The summed E-state index contributed by atoms with van der Waals surface area (Å²) in [6.07, 6.45) is 3.86. The highest BCUT2D eigenvalue weighted by Crippen LogP contribution is 2.30. The number of benzene rings is 2. The number of rotatable bonds is 16. The molecule has 0 radical (unpaired) electrons. The molecule has 0 heterocycles. The second-order valence-corrected chi connectivity index (χ2v) is 9.57. The van der Waals surface area contributed by atoms with Crippen LogP contribution < -0.4 is 25.8 Å². The van der Waals surface area contributed by atoms with Crippen LogP contribution in [0.15, 0.2) is 47.4 Å². The van der Waals surface area contributed by atoms with E-state index in [1.807, 2.05) is 6.07 Å². The first kappa shape index (κ1) is 27.1. The lowest BCUT2D eigenvalue weighted by Crippen LogP contribution is -2.28. The van der Waals surface area contributed by atoms with Gasteiger partial charge in [0.25, 0.3) is 0 Å². The summed E-state index contributed by atoms with van der Waals surface area (Å²) in [5.74, 6) is 0.723. The van der Waals surface area contributed by atoms with Crippen LogP contribution in [0.25, 0.3) is 0 Å². The highest BCUT2D eigenvalue weighted by Gasteiger charge is 2.14. The molecular weight excluding hydrogens is 462 g/mol. The molecule has 0 aromatic heterocycles. The number of sulfonamides is 1. The molecule has 8 nitrogen and oxygen atoms in total. The van der Waals surface area contributed by atoms with Crippen LogP contribution in [0.1, 0.15) is 31.2 Å². The maximum Gasteiger partial charge on any atom is 0.240 e. The Balaban J connectivity index is 1.69. The molecule has 0 amide bonds. The van der Waals surface area contributed by atoms with E-state index in [0.717, 1.165) is 45.4 Å². The SMILES string of the molecule is N#Cc1c(Cl)cccc1Oc1ccc(S(=O)(=O)NCCCNCCCCNCCCN)cc1. The minimum atomic E-state index is -3.61. The van der Waals surface area contributed by atoms with E-state index in [1.165, 1.54) is 12.1 Å². The van der Waals surface area contributed by atoms with Crippen LogP contribution in [0.3, 0.4) is 0 Å². The van der Waals surface area contributed by atoms with Crippen LogP contribution in [0.2, 0.25) is 5.02 Å². The molecule has 0 bridgehead atoms. The Kier molecular flexibility index (Phi) is 12.2. The largest absolute Gasteiger partial charge is 0.456 e. The van der Waals surface area contributed by atoms with Gasteiger partial charge in [0, 0.05) is 6.54 Å². The molecule has 0 fully saturated rings. The van der Waals surface area contributed by atoms with Crippen molar-refractivity contribution in [2.24, 2.45) is 5.73 Å². The highest BCUT2D eigenvalue weighted by molar-refractivity contribution is 7.89. The third-order valence-corrected chi connectivity index (χ3v) is 6.58. The molecule has 180 valence electrons. The monoisotopic (exact) mass is 493 g/mol. The Morgan fingerprint density at radius 3 is 2.18 bits per heavy atom. The van der Waals surface area contributed by atoms with Gasteiger partial charge in [0.15, 0.2) is 0 Å². The van der Waals surface area contributed by atoms with Crippen molar-refractivity contribution in [1.82, 2.24) is 15.4 Å². The van der Waals surface area contributed by atoms with Gasteiger partial charge in [0.1, 0.15) is 23.1 Å². The highest BCUT2D eigenvalue weighted by atomic mass is 35.5. The maximum atomic E-state index is 12.5. The van der Waals surface area contributed by atoms with E-state index in [2.05, 4.69) is 15.4 Å². The molecule has 2 rings (SSSR count). The smallest absolute Gasteiger partial charge is 0.240 e. The van der Waals surface area contributed by atoms with Crippen molar-refractivity contribution in [3.8, 4) is 17.6 Å². The molecule has 0 unspecified atom stereocenters. The van der Waals surface area contributed by atoms with Gasteiger partial charge in [-0.25, -0.2) is 13.1 Å².